The van der Waals surface area contributed by atoms with Crippen molar-refractivity contribution in [1.29, 1.82) is 0 Å². The lowest BCUT2D eigenvalue weighted by atomic mass is 9.89. The average Bonchev–Trinajstić information content (AvgIpc) is 3.02. The van der Waals surface area contributed by atoms with Crippen molar-refractivity contribution in [3.63, 3.8) is 0 Å². The molecule has 0 aromatic carbocycles. The maximum atomic E-state index is 12.5. The molecule has 2 rings (SSSR count). The highest BCUT2D eigenvalue weighted by atomic mass is 32.2. The number of carbonyl (C=O) groups excluding carboxylic acids is 1. The number of amides is 2. The quantitative estimate of drug-likeness (QED) is 0.837. The number of rotatable bonds is 4. The van der Waals surface area contributed by atoms with Gasteiger partial charge in [-0.2, -0.15) is 0 Å². The second-order valence-electron chi connectivity index (χ2n) is 6.91. The van der Waals surface area contributed by atoms with Crippen molar-refractivity contribution in [2.75, 3.05) is 12.3 Å². The number of nitrogens with zero attached hydrogens (tertiary/aromatic N) is 1. The largest absolute Gasteiger partial charge is 0.480 e. The van der Waals surface area contributed by atoms with Gasteiger partial charge in [0, 0.05) is 12.3 Å². The maximum absolute atomic E-state index is 12.5. The van der Waals surface area contributed by atoms with Crippen LogP contribution in [-0.4, -0.2) is 45.7 Å². The Morgan fingerprint density at radius 1 is 1.38 bits per heavy atom. The first-order chi connectivity index (χ1) is 9.84. The van der Waals surface area contributed by atoms with Gasteiger partial charge in [0.25, 0.3) is 0 Å². The number of carboxylic acids is 1. The van der Waals surface area contributed by atoms with E-state index >= 15 is 0 Å². The summed E-state index contributed by atoms with van der Waals surface area (Å²) in [5.41, 5.74) is 0.175. The van der Waals surface area contributed by atoms with E-state index < -0.39 is 12.0 Å². The van der Waals surface area contributed by atoms with Gasteiger partial charge in [-0.15, -0.1) is 11.8 Å². The monoisotopic (exact) mass is 314 g/mol. The third-order valence-electron chi connectivity index (χ3n) is 4.60. The van der Waals surface area contributed by atoms with Gasteiger partial charge in [0.2, 0.25) is 0 Å². The smallest absolute Gasteiger partial charge is 0.327 e. The molecule has 1 saturated heterocycles. The fourth-order valence-electron chi connectivity index (χ4n) is 3.27. The van der Waals surface area contributed by atoms with E-state index in [0.717, 1.165) is 12.8 Å². The van der Waals surface area contributed by atoms with Gasteiger partial charge >= 0.3 is 12.0 Å². The van der Waals surface area contributed by atoms with Gasteiger partial charge in [-0.05, 0) is 24.2 Å². The highest BCUT2D eigenvalue weighted by molar-refractivity contribution is 8.00. The third-order valence-corrected chi connectivity index (χ3v) is 6.22. The van der Waals surface area contributed by atoms with E-state index in [-0.39, 0.29) is 22.7 Å². The summed E-state index contributed by atoms with van der Waals surface area (Å²) in [5, 5.41) is 12.3. The fourth-order valence-corrected chi connectivity index (χ4v) is 4.75. The van der Waals surface area contributed by atoms with Crippen LogP contribution in [-0.2, 0) is 4.79 Å². The van der Waals surface area contributed by atoms with Crippen LogP contribution in [0.25, 0.3) is 0 Å². The number of hydrogen-bond acceptors (Lipinski definition) is 3. The normalized spacial score (nSPS) is 28.1. The van der Waals surface area contributed by atoms with Gasteiger partial charge in [0.15, 0.2) is 0 Å². The Morgan fingerprint density at radius 3 is 2.52 bits per heavy atom. The Hall–Kier alpha value is -0.910. The molecule has 2 amide bonds. The lowest BCUT2D eigenvalue weighted by molar-refractivity contribution is -0.141. The first-order valence-electron chi connectivity index (χ1n) is 7.75. The minimum atomic E-state index is -0.909. The molecule has 2 aliphatic rings. The molecule has 120 valence electrons. The molecule has 2 N–H and O–H groups in total. The van der Waals surface area contributed by atoms with Crippen molar-refractivity contribution >= 4 is 23.8 Å². The highest BCUT2D eigenvalue weighted by Crippen LogP contribution is 2.37. The van der Waals surface area contributed by atoms with Crippen molar-refractivity contribution in [3.8, 4) is 0 Å². The molecule has 1 saturated carbocycles. The Labute approximate surface area is 130 Å². The van der Waals surface area contributed by atoms with Crippen molar-refractivity contribution in [1.82, 2.24) is 10.2 Å². The summed E-state index contributed by atoms with van der Waals surface area (Å²) < 4.78 is 0. The molecule has 2 unspecified atom stereocenters. The van der Waals surface area contributed by atoms with Crippen LogP contribution in [0.4, 0.5) is 4.79 Å². The molecule has 2 atom stereocenters. The lowest BCUT2D eigenvalue weighted by Gasteiger charge is -2.32. The second-order valence-corrected chi connectivity index (χ2v) is 8.06. The van der Waals surface area contributed by atoms with Gasteiger partial charge in [0.05, 0.1) is 5.37 Å². The Bertz CT molecular complexity index is 408. The van der Waals surface area contributed by atoms with Gasteiger partial charge in [-0.3, -0.25) is 4.90 Å². The zero-order chi connectivity index (χ0) is 15.6. The van der Waals surface area contributed by atoms with E-state index in [1.165, 1.54) is 17.7 Å². The maximum Gasteiger partial charge on any atom is 0.327 e. The summed E-state index contributed by atoms with van der Waals surface area (Å²) in [6, 6.07) is -0.932. The molecule has 1 heterocycles. The Morgan fingerprint density at radius 2 is 2.00 bits per heavy atom. The van der Waals surface area contributed by atoms with Gasteiger partial charge < -0.3 is 10.4 Å². The summed E-state index contributed by atoms with van der Waals surface area (Å²) in [5.74, 6) is -0.192. The van der Waals surface area contributed by atoms with Crippen molar-refractivity contribution in [3.05, 3.63) is 0 Å². The molecule has 0 aromatic heterocycles. The topological polar surface area (TPSA) is 69.6 Å². The molecule has 2 fully saturated rings. The Balaban J connectivity index is 2.01. The first kappa shape index (κ1) is 16.5. The molecule has 21 heavy (non-hydrogen) atoms. The minimum Gasteiger partial charge on any atom is -0.480 e. The second kappa shape index (κ2) is 6.46. The lowest BCUT2D eigenvalue weighted by Crippen LogP contribution is -2.52. The predicted molar refractivity (Wildman–Crippen MR) is 84.3 cm³/mol. The summed E-state index contributed by atoms with van der Waals surface area (Å²) in [6.07, 6.45) is 4.71. The fraction of sp³-hybridized carbons (Fsp3) is 0.867. The molecule has 6 heteroatoms. The Kier molecular flexibility index (Phi) is 5.07. The molecule has 1 aliphatic heterocycles. The standard InChI is InChI=1S/C15H26N2O3S/c1-10(2)12-17(11(8-21-12)13(18)19)14(20)16-9-15(3)6-4-5-7-15/h10-12H,4-9H2,1-3H3,(H,16,20)(H,18,19). The van der Waals surface area contributed by atoms with Gasteiger partial charge in [-0.25, -0.2) is 9.59 Å². The number of nitrogens with one attached hydrogen (secondary N) is 1. The van der Waals surface area contributed by atoms with Crippen LogP contribution in [0, 0.1) is 11.3 Å². The number of carbonyl (C=O) groups is 2. The summed E-state index contributed by atoms with van der Waals surface area (Å²) in [6.45, 7) is 6.90. The number of carboxylic acid groups (broad SMARTS) is 1. The van der Waals surface area contributed by atoms with E-state index in [4.69, 9.17) is 0 Å². The van der Waals surface area contributed by atoms with E-state index in [2.05, 4.69) is 12.2 Å². The molecular weight excluding hydrogens is 288 g/mol. The van der Waals surface area contributed by atoms with Crippen LogP contribution >= 0.6 is 11.8 Å². The van der Waals surface area contributed by atoms with E-state index in [0.29, 0.717) is 12.3 Å². The third kappa shape index (κ3) is 3.65. The summed E-state index contributed by atoms with van der Waals surface area (Å²) in [7, 11) is 0. The molecule has 5 nitrogen and oxygen atoms in total. The van der Waals surface area contributed by atoms with E-state index in [1.54, 1.807) is 11.8 Å². The predicted octanol–water partition coefficient (Wildman–Crippen LogP) is 2.76. The minimum absolute atomic E-state index is 0.0533. The summed E-state index contributed by atoms with van der Waals surface area (Å²) in [4.78, 5) is 25.4. The molecule has 0 radical (unpaired) electrons. The number of urea groups is 1. The van der Waals surface area contributed by atoms with Crippen LogP contribution in [0.15, 0.2) is 0 Å². The molecule has 0 spiro atoms. The zero-order valence-corrected chi connectivity index (χ0v) is 13.9. The van der Waals surface area contributed by atoms with Crippen LogP contribution in [0.1, 0.15) is 46.5 Å². The first-order valence-corrected chi connectivity index (χ1v) is 8.79. The SMILES string of the molecule is CC(C)C1SCC(C(=O)O)N1C(=O)NCC1(C)CCCC1. The van der Waals surface area contributed by atoms with Gasteiger partial charge in [-0.1, -0.05) is 33.6 Å². The molecule has 1 aliphatic carbocycles. The van der Waals surface area contributed by atoms with Crippen LogP contribution in [0.2, 0.25) is 0 Å². The number of aliphatic carboxylic acids is 1. The van der Waals surface area contributed by atoms with E-state index in [9.17, 15) is 14.7 Å². The van der Waals surface area contributed by atoms with E-state index in [1.807, 2.05) is 13.8 Å². The zero-order valence-electron chi connectivity index (χ0n) is 13.1. The van der Waals surface area contributed by atoms with Crippen LogP contribution in [0.3, 0.4) is 0 Å². The molecular formula is C15H26N2O3S. The van der Waals surface area contributed by atoms with Crippen molar-refractivity contribution in [2.45, 2.75) is 57.9 Å². The highest BCUT2D eigenvalue weighted by Gasteiger charge is 2.43. The van der Waals surface area contributed by atoms with Crippen LogP contribution < -0.4 is 5.32 Å². The number of thioether (sulfide) groups is 1. The van der Waals surface area contributed by atoms with Gasteiger partial charge in [0.1, 0.15) is 6.04 Å². The number of hydrogen-bond donors (Lipinski definition) is 2. The summed E-state index contributed by atoms with van der Waals surface area (Å²) >= 11 is 1.56. The average molecular weight is 314 g/mol. The molecule has 0 aromatic rings. The molecule has 0 bridgehead atoms. The van der Waals surface area contributed by atoms with Crippen molar-refractivity contribution < 1.29 is 14.7 Å². The van der Waals surface area contributed by atoms with Crippen LogP contribution in [0.5, 0.6) is 0 Å². The van der Waals surface area contributed by atoms with Crippen molar-refractivity contribution in [2.24, 2.45) is 11.3 Å².